The lowest BCUT2D eigenvalue weighted by Gasteiger charge is -2.34. The molecule has 3 aromatic heterocycles. The van der Waals surface area contributed by atoms with Gasteiger partial charge in [0.15, 0.2) is 5.82 Å². The van der Waals surface area contributed by atoms with Crippen LogP contribution in [0.25, 0.3) is 32.9 Å². The van der Waals surface area contributed by atoms with Gasteiger partial charge < -0.3 is 20.1 Å². The molecule has 2 N–H and O–H groups in total. The molecule has 0 aliphatic carbocycles. The summed E-state index contributed by atoms with van der Waals surface area (Å²) < 4.78 is 35.5. The van der Waals surface area contributed by atoms with Crippen molar-refractivity contribution in [2.75, 3.05) is 24.6 Å². The Labute approximate surface area is 228 Å². The second-order valence-electron chi connectivity index (χ2n) is 10.3. The number of aromatic hydroxyl groups is 1. The zero-order chi connectivity index (χ0) is 27.2. The molecule has 0 saturated carbocycles. The zero-order valence-electron chi connectivity index (χ0n) is 21.5. The molecule has 10 heteroatoms. The van der Waals surface area contributed by atoms with E-state index in [2.05, 4.69) is 25.2 Å². The van der Waals surface area contributed by atoms with Gasteiger partial charge in [0, 0.05) is 49.0 Å². The maximum Gasteiger partial charge on any atom is 0.319 e. The van der Waals surface area contributed by atoms with E-state index in [9.17, 15) is 9.50 Å². The summed E-state index contributed by atoms with van der Waals surface area (Å²) in [4.78, 5) is 19.9. The predicted octanol–water partition coefficient (Wildman–Crippen LogP) is 4.79. The molecule has 2 bridgehead atoms. The smallest absolute Gasteiger partial charge is 0.319 e. The van der Waals surface area contributed by atoms with Crippen molar-refractivity contribution in [3.8, 4) is 23.0 Å². The lowest BCUT2D eigenvalue weighted by atomic mass is 10.0. The molecule has 40 heavy (non-hydrogen) atoms. The second kappa shape index (κ2) is 9.95. The summed E-state index contributed by atoms with van der Waals surface area (Å²) in [7, 11) is 0. The van der Waals surface area contributed by atoms with Crippen molar-refractivity contribution in [1.29, 1.82) is 0 Å². The minimum atomic E-state index is -0.611. The van der Waals surface area contributed by atoms with Crippen molar-refractivity contribution < 1.29 is 18.6 Å². The van der Waals surface area contributed by atoms with E-state index in [-0.39, 0.29) is 29.6 Å². The fourth-order valence-corrected chi connectivity index (χ4v) is 5.78. The second-order valence-corrected chi connectivity index (χ2v) is 10.3. The van der Waals surface area contributed by atoms with E-state index < -0.39 is 11.6 Å². The molecule has 0 amide bonds. The number of rotatable bonds is 6. The first-order chi connectivity index (χ1) is 19.5. The van der Waals surface area contributed by atoms with Crippen LogP contribution >= 0.6 is 0 Å². The van der Waals surface area contributed by atoms with Gasteiger partial charge in [0.05, 0.1) is 18.2 Å². The Balaban J connectivity index is 1.31. The molecule has 5 heterocycles. The number of halogens is 2. The molecular formula is C30H26F2N6O2. The molecular weight excluding hydrogens is 514 g/mol. The van der Waals surface area contributed by atoms with Crippen LogP contribution in [0.5, 0.6) is 11.8 Å². The number of nitrogens with zero attached hydrogens (tertiary/aromatic N) is 5. The van der Waals surface area contributed by atoms with E-state index in [0.717, 1.165) is 42.9 Å². The van der Waals surface area contributed by atoms with Crippen LogP contribution in [0.2, 0.25) is 0 Å². The summed E-state index contributed by atoms with van der Waals surface area (Å²) in [6, 6.07) is 14.3. The van der Waals surface area contributed by atoms with Gasteiger partial charge in [0.2, 0.25) is 0 Å². The molecule has 8 nitrogen and oxygen atoms in total. The van der Waals surface area contributed by atoms with Crippen molar-refractivity contribution in [3.05, 3.63) is 78.3 Å². The highest BCUT2D eigenvalue weighted by Gasteiger charge is 2.34. The molecule has 2 aliphatic rings. The third kappa shape index (κ3) is 4.54. The predicted molar refractivity (Wildman–Crippen MR) is 147 cm³/mol. The Hall–Kier alpha value is -4.44. The van der Waals surface area contributed by atoms with E-state index >= 15 is 4.39 Å². The maximum atomic E-state index is 16.4. The van der Waals surface area contributed by atoms with E-state index in [1.165, 1.54) is 12.1 Å². The number of hydrogen-bond donors (Lipinski definition) is 2. The van der Waals surface area contributed by atoms with Gasteiger partial charge >= 0.3 is 6.01 Å². The fraction of sp³-hybridized carbons (Fsp3) is 0.267. The average Bonchev–Trinajstić information content (AvgIpc) is 3.30. The van der Waals surface area contributed by atoms with Crippen LogP contribution in [0.3, 0.4) is 0 Å². The molecule has 7 rings (SSSR count). The Bertz CT molecular complexity index is 1720. The highest BCUT2D eigenvalue weighted by molar-refractivity contribution is 5.99. The molecule has 2 aliphatic heterocycles. The first-order valence-electron chi connectivity index (χ1n) is 13.3. The first-order valence-corrected chi connectivity index (χ1v) is 13.3. The summed E-state index contributed by atoms with van der Waals surface area (Å²) in [5.41, 5.74) is 1.32. The van der Waals surface area contributed by atoms with Crippen LogP contribution in [0, 0.1) is 11.6 Å². The van der Waals surface area contributed by atoms with Gasteiger partial charge in [-0.15, -0.1) is 0 Å². The van der Waals surface area contributed by atoms with Gasteiger partial charge in [-0.1, -0.05) is 24.3 Å². The lowest BCUT2D eigenvalue weighted by Crippen LogP contribution is -2.51. The van der Waals surface area contributed by atoms with Crippen LogP contribution < -0.4 is 15.0 Å². The molecule has 202 valence electrons. The monoisotopic (exact) mass is 540 g/mol. The number of benzene rings is 2. The summed E-state index contributed by atoms with van der Waals surface area (Å²) in [5, 5.41) is 16.0. The Morgan fingerprint density at radius 3 is 2.58 bits per heavy atom. The SMILES string of the molecule is Oc1cc(-c2ncc3c(N4CC5CCC(C4)N5)nc(OCCc4ccc(F)cn4)nc3c2F)c2ccccc2c1. The van der Waals surface area contributed by atoms with Crippen molar-refractivity contribution >= 4 is 27.5 Å². The maximum absolute atomic E-state index is 16.4. The molecule has 2 unspecified atom stereocenters. The van der Waals surface area contributed by atoms with Crippen molar-refractivity contribution in [3.63, 3.8) is 0 Å². The minimum absolute atomic E-state index is 0.0214. The summed E-state index contributed by atoms with van der Waals surface area (Å²) >= 11 is 0. The zero-order valence-corrected chi connectivity index (χ0v) is 21.5. The number of hydrogen-bond acceptors (Lipinski definition) is 8. The summed E-state index contributed by atoms with van der Waals surface area (Å²) in [6.45, 7) is 1.66. The number of phenols is 1. The van der Waals surface area contributed by atoms with Crippen molar-refractivity contribution in [1.82, 2.24) is 25.3 Å². The quantitative estimate of drug-likeness (QED) is 0.318. The number of nitrogens with one attached hydrogen (secondary N) is 1. The number of fused-ring (bicyclic) bond motifs is 4. The number of phenolic OH excluding ortho intramolecular Hbond substituents is 1. The van der Waals surface area contributed by atoms with Crippen LogP contribution in [0.15, 0.2) is 60.9 Å². The van der Waals surface area contributed by atoms with E-state index in [1.54, 1.807) is 18.3 Å². The third-order valence-corrected chi connectivity index (χ3v) is 7.64. The van der Waals surface area contributed by atoms with E-state index in [1.807, 2.05) is 24.3 Å². The number of aromatic nitrogens is 4. The highest BCUT2D eigenvalue weighted by atomic mass is 19.1. The van der Waals surface area contributed by atoms with Crippen LogP contribution in [-0.4, -0.2) is 56.8 Å². The number of ether oxygens (including phenoxy) is 1. The van der Waals surface area contributed by atoms with Crippen molar-refractivity contribution in [2.45, 2.75) is 31.3 Å². The third-order valence-electron chi connectivity index (χ3n) is 7.64. The standard InChI is InChI=1S/C30H26F2N6O2/c31-18-5-6-19(33-13-18)9-10-40-30-36-28-25(29(37-30)38-15-20-7-8-21(16-38)35-20)14-34-27(26(28)32)24-12-22(39)11-17-3-1-2-4-23(17)24/h1-6,11-14,20-21,35,39H,7-10,15-16H2. The highest BCUT2D eigenvalue weighted by Crippen LogP contribution is 2.37. The average molecular weight is 541 g/mol. The van der Waals surface area contributed by atoms with Gasteiger partial charge in [-0.3, -0.25) is 9.97 Å². The van der Waals surface area contributed by atoms with Gasteiger partial charge in [0.25, 0.3) is 0 Å². The van der Waals surface area contributed by atoms with E-state index in [0.29, 0.717) is 41.0 Å². The normalized spacial score (nSPS) is 18.5. The number of pyridine rings is 2. The molecule has 2 atom stereocenters. The molecule has 0 radical (unpaired) electrons. The molecule has 2 saturated heterocycles. The molecule has 2 aromatic carbocycles. The molecule has 5 aromatic rings. The fourth-order valence-electron chi connectivity index (χ4n) is 5.78. The lowest BCUT2D eigenvalue weighted by molar-refractivity contribution is 0.296. The Kier molecular flexibility index (Phi) is 6.11. The minimum Gasteiger partial charge on any atom is -0.508 e. The Morgan fingerprint density at radius 1 is 0.950 bits per heavy atom. The van der Waals surface area contributed by atoms with Crippen LogP contribution in [0.1, 0.15) is 18.5 Å². The number of piperazine rings is 1. The van der Waals surface area contributed by atoms with Gasteiger partial charge in [-0.05, 0) is 47.9 Å². The Morgan fingerprint density at radius 2 is 1.77 bits per heavy atom. The van der Waals surface area contributed by atoms with Gasteiger partial charge in [-0.2, -0.15) is 9.97 Å². The van der Waals surface area contributed by atoms with Gasteiger partial charge in [-0.25, -0.2) is 8.78 Å². The topological polar surface area (TPSA) is 96.3 Å². The van der Waals surface area contributed by atoms with E-state index in [4.69, 9.17) is 9.72 Å². The van der Waals surface area contributed by atoms with Crippen LogP contribution in [0.4, 0.5) is 14.6 Å². The summed E-state index contributed by atoms with van der Waals surface area (Å²) in [5.74, 6) is -0.415. The van der Waals surface area contributed by atoms with Gasteiger partial charge in [0.1, 0.15) is 28.6 Å². The summed E-state index contributed by atoms with van der Waals surface area (Å²) in [6.07, 6.45) is 5.35. The van der Waals surface area contributed by atoms with Crippen molar-refractivity contribution in [2.24, 2.45) is 0 Å². The largest absolute Gasteiger partial charge is 0.508 e. The first kappa shape index (κ1) is 24.6. The molecule has 2 fully saturated rings. The van der Waals surface area contributed by atoms with Crippen LogP contribution in [-0.2, 0) is 6.42 Å². The number of anilines is 1. The molecule has 0 spiro atoms.